The molecule has 0 saturated carbocycles. The second-order valence-electron chi connectivity index (χ2n) is 5.11. The van der Waals surface area contributed by atoms with Crippen molar-refractivity contribution in [3.8, 4) is 0 Å². The molecule has 0 fully saturated rings. The predicted molar refractivity (Wildman–Crippen MR) is 75.9 cm³/mol. The largest absolute Gasteiger partial charge is 0.373 e. The molecule has 1 aromatic heterocycles. The van der Waals surface area contributed by atoms with E-state index in [2.05, 4.69) is 41.4 Å². The van der Waals surface area contributed by atoms with E-state index in [1.807, 2.05) is 19.4 Å². The van der Waals surface area contributed by atoms with Crippen molar-refractivity contribution >= 4 is 23.4 Å². The molecule has 1 rings (SSSR count). The summed E-state index contributed by atoms with van der Waals surface area (Å²) in [5, 5.41) is 7.18. The summed E-state index contributed by atoms with van der Waals surface area (Å²) in [4.78, 5) is 8.75. The van der Waals surface area contributed by atoms with Crippen molar-refractivity contribution < 1.29 is 0 Å². The van der Waals surface area contributed by atoms with Crippen molar-refractivity contribution in [3.63, 3.8) is 0 Å². The first-order valence-corrected chi connectivity index (χ1v) is 7.02. The van der Waals surface area contributed by atoms with Crippen LogP contribution in [0.3, 0.4) is 0 Å². The SMILES string of the molecule is CNc1cc(NCCC(C)(C)C)nc(SC)n1. The molecule has 0 aromatic carbocycles. The lowest BCUT2D eigenvalue weighted by atomic mass is 9.92. The van der Waals surface area contributed by atoms with Gasteiger partial charge in [-0.25, -0.2) is 9.97 Å². The third kappa shape index (κ3) is 5.26. The fourth-order valence-corrected chi connectivity index (χ4v) is 1.68. The smallest absolute Gasteiger partial charge is 0.191 e. The van der Waals surface area contributed by atoms with Gasteiger partial charge < -0.3 is 10.6 Å². The standard InChI is InChI=1S/C12H22N4S/c1-12(2,3)6-7-14-10-8-9(13-4)15-11(16-10)17-5/h8H,6-7H2,1-5H3,(H2,13,14,15,16). The highest BCUT2D eigenvalue weighted by Gasteiger charge is 2.09. The topological polar surface area (TPSA) is 49.8 Å². The summed E-state index contributed by atoms with van der Waals surface area (Å²) in [5.41, 5.74) is 0.341. The van der Waals surface area contributed by atoms with E-state index in [1.54, 1.807) is 11.8 Å². The Kier molecular flexibility index (Phi) is 5.05. The van der Waals surface area contributed by atoms with Crippen LogP contribution in [0.2, 0.25) is 0 Å². The Balaban J connectivity index is 2.64. The van der Waals surface area contributed by atoms with E-state index in [-0.39, 0.29) is 0 Å². The molecule has 17 heavy (non-hydrogen) atoms. The number of rotatable bonds is 5. The number of hydrogen-bond donors (Lipinski definition) is 2. The van der Waals surface area contributed by atoms with Crippen LogP contribution in [-0.2, 0) is 0 Å². The van der Waals surface area contributed by atoms with Crippen molar-refractivity contribution in [1.82, 2.24) is 9.97 Å². The van der Waals surface area contributed by atoms with E-state index in [0.717, 1.165) is 29.8 Å². The van der Waals surface area contributed by atoms with Crippen LogP contribution >= 0.6 is 11.8 Å². The van der Waals surface area contributed by atoms with Gasteiger partial charge in [0.1, 0.15) is 11.6 Å². The Hall–Kier alpha value is -0.970. The molecule has 0 saturated heterocycles. The Bertz CT molecular complexity index is 338. The van der Waals surface area contributed by atoms with Crippen LogP contribution in [-0.4, -0.2) is 29.8 Å². The number of anilines is 2. The first kappa shape index (κ1) is 14.1. The van der Waals surface area contributed by atoms with Crippen LogP contribution in [0.1, 0.15) is 27.2 Å². The molecule has 0 unspecified atom stereocenters. The molecule has 0 amide bonds. The third-order valence-corrected chi connectivity index (χ3v) is 2.87. The highest BCUT2D eigenvalue weighted by Crippen LogP contribution is 2.20. The number of nitrogens with zero attached hydrogens (tertiary/aromatic N) is 2. The minimum Gasteiger partial charge on any atom is -0.373 e. The molecule has 0 aliphatic heterocycles. The maximum absolute atomic E-state index is 4.42. The molecule has 1 aromatic rings. The number of thioether (sulfide) groups is 1. The zero-order chi connectivity index (χ0) is 12.9. The van der Waals surface area contributed by atoms with E-state index in [1.165, 1.54) is 0 Å². The van der Waals surface area contributed by atoms with Gasteiger partial charge in [0, 0.05) is 19.7 Å². The summed E-state index contributed by atoms with van der Waals surface area (Å²) in [6.07, 6.45) is 3.09. The van der Waals surface area contributed by atoms with Gasteiger partial charge in [-0.3, -0.25) is 0 Å². The lowest BCUT2D eigenvalue weighted by Gasteiger charge is -2.18. The van der Waals surface area contributed by atoms with Crippen LogP contribution < -0.4 is 10.6 Å². The van der Waals surface area contributed by atoms with E-state index >= 15 is 0 Å². The highest BCUT2D eigenvalue weighted by atomic mass is 32.2. The summed E-state index contributed by atoms with van der Waals surface area (Å²) in [6, 6.07) is 1.93. The first-order valence-electron chi connectivity index (χ1n) is 5.79. The van der Waals surface area contributed by atoms with Gasteiger partial charge in [0.2, 0.25) is 0 Å². The summed E-state index contributed by atoms with van der Waals surface area (Å²) in [6.45, 7) is 7.64. The Morgan fingerprint density at radius 1 is 1.24 bits per heavy atom. The van der Waals surface area contributed by atoms with Crippen molar-refractivity contribution in [2.45, 2.75) is 32.3 Å². The van der Waals surface area contributed by atoms with E-state index in [9.17, 15) is 0 Å². The summed E-state index contributed by atoms with van der Waals surface area (Å²) in [7, 11) is 1.87. The lowest BCUT2D eigenvalue weighted by molar-refractivity contribution is 0.389. The highest BCUT2D eigenvalue weighted by molar-refractivity contribution is 7.98. The molecular weight excluding hydrogens is 232 g/mol. The second-order valence-corrected chi connectivity index (χ2v) is 5.89. The molecule has 0 radical (unpaired) electrons. The van der Waals surface area contributed by atoms with Crippen LogP contribution in [0.25, 0.3) is 0 Å². The van der Waals surface area contributed by atoms with Crippen molar-refractivity contribution in [2.75, 3.05) is 30.5 Å². The zero-order valence-corrected chi connectivity index (χ0v) is 12.1. The van der Waals surface area contributed by atoms with Crippen LogP contribution in [0.4, 0.5) is 11.6 Å². The monoisotopic (exact) mass is 254 g/mol. The molecule has 5 heteroatoms. The van der Waals surface area contributed by atoms with Crippen LogP contribution in [0, 0.1) is 5.41 Å². The quantitative estimate of drug-likeness (QED) is 0.624. The lowest BCUT2D eigenvalue weighted by Crippen LogP contribution is -2.14. The predicted octanol–water partition coefficient (Wildman–Crippen LogP) is 3.09. The van der Waals surface area contributed by atoms with Crippen LogP contribution in [0.15, 0.2) is 11.2 Å². The van der Waals surface area contributed by atoms with Crippen molar-refractivity contribution in [1.29, 1.82) is 0 Å². The molecule has 96 valence electrons. The molecule has 0 atom stereocenters. The zero-order valence-electron chi connectivity index (χ0n) is 11.3. The van der Waals surface area contributed by atoms with Crippen LogP contribution in [0.5, 0.6) is 0 Å². The minimum absolute atomic E-state index is 0.341. The maximum atomic E-state index is 4.42. The van der Waals surface area contributed by atoms with Gasteiger partial charge in [-0.15, -0.1) is 0 Å². The average Bonchev–Trinajstić information content (AvgIpc) is 2.26. The fourth-order valence-electron chi connectivity index (χ4n) is 1.30. The number of hydrogen-bond acceptors (Lipinski definition) is 5. The summed E-state index contributed by atoms with van der Waals surface area (Å²) in [5.74, 6) is 1.74. The summed E-state index contributed by atoms with van der Waals surface area (Å²) >= 11 is 1.55. The maximum Gasteiger partial charge on any atom is 0.191 e. The third-order valence-electron chi connectivity index (χ3n) is 2.33. The molecule has 0 aliphatic carbocycles. The molecule has 0 spiro atoms. The molecule has 4 nitrogen and oxygen atoms in total. The second kappa shape index (κ2) is 6.10. The van der Waals surface area contributed by atoms with Gasteiger partial charge in [-0.1, -0.05) is 32.5 Å². The van der Waals surface area contributed by atoms with Gasteiger partial charge in [-0.2, -0.15) is 0 Å². The average molecular weight is 254 g/mol. The molecule has 0 bridgehead atoms. The number of nitrogens with one attached hydrogen (secondary N) is 2. The van der Waals surface area contributed by atoms with Crippen molar-refractivity contribution in [2.24, 2.45) is 5.41 Å². The molecule has 2 N–H and O–H groups in total. The fraction of sp³-hybridized carbons (Fsp3) is 0.667. The van der Waals surface area contributed by atoms with Gasteiger partial charge in [-0.05, 0) is 18.1 Å². The van der Waals surface area contributed by atoms with Gasteiger partial charge >= 0.3 is 0 Å². The van der Waals surface area contributed by atoms with Gasteiger partial charge in [0.05, 0.1) is 0 Å². The minimum atomic E-state index is 0.341. The van der Waals surface area contributed by atoms with Gasteiger partial charge in [0.25, 0.3) is 0 Å². The van der Waals surface area contributed by atoms with E-state index in [0.29, 0.717) is 5.41 Å². The normalized spacial score (nSPS) is 11.4. The molecular formula is C12H22N4S. The Morgan fingerprint density at radius 3 is 2.41 bits per heavy atom. The molecule has 0 aliphatic rings. The number of aromatic nitrogens is 2. The molecule has 1 heterocycles. The Labute approximate surface area is 108 Å². The summed E-state index contributed by atoms with van der Waals surface area (Å²) < 4.78 is 0. The Morgan fingerprint density at radius 2 is 1.88 bits per heavy atom. The van der Waals surface area contributed by atoms with E-state index < -0.39 is 0 Å². The van der Waals surface area contributed by atoms with Gasteiger partial charge in [0.15, 0.2) is 5.16 Å². The first-order chi connectivity index (χ1) is 7.94. The van der Waals surface area contributed by atoms with E-state index in [4.69, 9.17) is 0 Å². The van der Waals surface area contributed by atoms with Crippen molar-refractivity contribution in [3.05, 3.63) is 6.07 Å².